The van der Waals surface area contributed by atoms with E-state index in [9.17, 15) is 0 Å². The van der Waals surface area contributed by atoms with E-state index in [4.69, 9.17) is 32.7 Å². The van der Waals surface area contributed by atoms with Gasteiger partial charge in [0.25, 0.3) is 0 Å². The first-order valence-corrected chi connectivity index (χ1v) is 12.3. The van der Waals surface area contributed by atoms with E-state index in [-0.39, 0.29) is 0 Å². The van der Waals surface area contributed by atoms with Crippen LogP contribution in [0.15, 0.2) is 65.1 Å². The van der Waals surface area contributed by atoms with E-state index in [0.717, 1.165) is 40.7 Å². The van der Waals surface area contributed by atoms with Gasteiger partial charge in [0.15, 0.2) is 11.5 Å². The molecule has 3 aromatic carbocycles. The van der Waals surface area contributed by atoms with Crippen LogP contribution in [0.2, 0.25) is 10.0 Å². The van der Waals surface area contributed by atoms with Gasteiger partial charge in [-0.3, -0.25) is 0 Å². The number of hydrogen-bond acceptors (Lipinski definition) is 3. The summed E-state index contributed by atoms with van der Waals surface area (Å²) in [7, 11) is 0. The lowest BCUT2D eigenvalue weighted by Crippen LogP contribution is -2.26. The van der Waals surface area contributed by atoms with E-state index in [1.165, 1.54) is 5.56 Å². The van der Waals surface area contributed by atoms with Gasteiger partial charge in [-0.05, 0) is 83.6 Å². The van der Waals surface area contributed by atoms with Gasteiger partial charge in [0.05, 0.1) is 21.1 Å². The second kappa shape index (κ2) is 12.5. The summed E-state index contributed by atoms with van der Waals surface area (Å²) in [6, 6.07) is 20.6. The number of ether oxygens (including phenoxy) is 2. The number of benzene rings is 3. The molecular weight excluding hydrogens is 509 g/mol. The SMILES string of the molecule is CCOc1cc(CN[C@@H](C)CCc2ccccc2)cc(Br)c1OCc1ccc(Cl)c(Cl)c1. The molecule has 0 bridgehead atoms. The fourth-order valence-electron chi connectivity index (χ4n) is 3.33. The Hall–Kier alpha value is -1.72. The molecule has 0 saturated carbocycles. The number of aryl methyl sites for hydroxylation is 1. The molecule has 0 aliphatic heterocycles. The summed E-state index contributed by atoms with van der Waals surface area (Å²) in [6.45, 7) is 5.86. The summed E-state index contributed by atoms with van der Waals surface area (Å²) in [5.74, 6) is 1.40. The Labute approximate surface area is 209 Å². The second-order valence-electron chi connectivity index (χ2n) is 7.68. The molecular formula is C26H28BrCl2NO2. The van der Waals surface area contributed by atoms with Crippen molar-refractivity contribution in [3.8, 4) is 11.5 Å². The molecule has 0 unspecified atom stereocenters. The first kappa shape index (κ1) is 24.9. The van der Waals surface area contributed by atoms with E-state index in [0.29, 0.717) is 35.1 Å². The van der Waals surface area contributed by atoms with Crippen molar-refractivity contribution in [1.29, 1.82) is 0 Å². The van der Waals surface area contributed by atoms with Crippen LogP contribution in [0, 0.1) is 0 Å². The molecule has 0 heterocycles. The van der Waals surface area contributed by atoms with Crippen molar-refractivity contribution in [3.05, 3.63) is 91.9 Å². The van der Waals surface area contributed by atoms with Crippen molar-refractivity contribution in [2.45, 2.75) is 45.9 Å². The van der Waals surface area contributed by atoms with E-state index >= 15 is 0 Å². The Morgan fingerprint density at radius 3 is 2.41 bits per heavy atom. The van der Waals surface area contributed by atoms with Crippen molar-refractivity contribution in [2.75, 3.05) is 6.61 Å². The standard InChI is InChI=1S/C26H28BrCl2NO2/c1-3-31-25-15-21(16-30-18(2)9-10-19-7-5-4-6-8-19)13-22(27)26(25)32-17-20-11-12-23(28)24(29)14-20/h4-8,11-15,18,30H,3,9-10,16-17H2,1-2H3/t18-/m0/s1. The minimum Gasteiger partial charge on any atom is -0.490 e. The van der Waals surface area contributed by atoms with Crippen LogP contribution in [0.3, 0.4) is 0 Å². The van der Waals surface area contributed by atoms with Gasteiger partial charge in [-0.2, -0.15) is 0 Å². The number of halogens is 3. The quantitative estimate of drug-likeness (QED) is 0.270. The Morgan fingerprint density at radius 1 is 0.906 bits per heavy atom. The molecule has 0 aliphatic carbocycles. The highest BCUT2D eigenvalue weighted by Gasteiger charge is 2.14. The zero-order valence-electron chi connectivity index (χ0n) is 18.3. The smallest absolute Gasteiger partial charge is 0.175 e. The molecule has 6 heteroatoms. The minimum atomic E-state index is 0.365. The van der Waals surface area contributed by atoms with Crippen molar-refractivity contribution in [3.63, 3.8) is 0 Å². The molecule has 0 spiro atoms. The van der Waals surface area contributed by atoms with Crippen molar-refractivity contribution >= 4 is 39.1 Å². The summed E-state index contributed by atoms with van der Waals surface area (Å²) in [4.78, 5) is 0. The monoisotopic (exact) mass is 535 g/mol. The van der Waals surface area contributed by atoms with Gasteiger partial charge in [-0.25, -0.2) is 0 Å². The molecule has 3 nitrogen and oxygen atoms in total. The highest BCUT2D eigenvalue weighted by Crippen LogP contribution is 2.37. The Balaban J connectivity index is 1.61. The third kappa shape index (κ3) is 7.41. The lowest BCUT2D eigenvalue weighted by atomic mass is 10.1. The van der Waals surface area contributed by atoms with Gasteiger partial charge >= 0.3 is 0 Å². The van der Waals surface area contributed by atoms with Crippen LogP contribution in [0.25, 0.3) is 0 Å². The van der Waals surface area contributed by atoms with Crippen molar-refractivity contribution < 1.29 is 9.47 Å². The van der Waals surface area contributed by atoms with Gasteiger partial charge in [0.1, 0.15) is 6.61 Å². The van der Waals surface area contributed by atoms with Gasteiger partial charge in [0.2, 0.25) is 0 Å². The largest absolute Gasteiger partial charge is 0.490 e. The molecule has 0 fully saturated rings. The predicted octanol–water partition coefficient (Wildman–Crippen LogP) is 7.84. The molecule has 0 amide bonds. The Bertz CT molecular complexity index is 1010. The number of rotatable bonds is 11. The zero-order chi connectivity index (χ0) is 22.9. The first-order chi connectivity index (χ1) is 15.5. The maximum Gasteiger partial charge on any atom is 0.175 e. The molecule has 32 heavy (non-hydrogen) atoms. The third-order valence-corrected chi connectivity index (χ3v) is 6.43. The van der Waals surface area contributed by atoms with E-state index < -0.39 is 0 Å². The second-order valence-corrected chi connectivity index (χ2v) is 9.35. The molecule has 0 saturated heterocycles. The topological polar surface area (TPSA) is 30.5 Å². The summed E-state index contributed by atoms with van der Waals surface area (Å²) in [6.07, 6.45) is 2.14. The average molecular weight is 537 g/mol. The summed E-state index contributed by atoms with van der Waals surface area (Å²) < 4.78 is 12.8. The van der Waals surface area contributed by atoms with Crippen LogP contribution >= 0.6 is 39.1 Å². The van der Waals surface area contributed by atoms with Gasteiger partial charge in [0, 0.05) is 12.6 Å². The lowest BCUT2D eigenvalue weighted by molar-refractivity contribution is 0.267. The molecule has 1 N–H and O–H groups in total. The molecule has 170 valence electrons. The molecule has 0 radical (unpaired) electrons. The average Bonchev–Trinajstić information content (AvgIpc) is 2.79. The van der Waals surface area contributed by atoms with Crippen LogP contribution in [0.4, 0.5) is 0 Å². The maximum atomic E-state index is 6.12. The fraction of sp³-hybridized carbons (Fsp3) is 0.308. The predicted molar refractivity (Wildman–Crippen MR) is 137 cm³/mol. The van der Waals surface area contributed by atoms with Crippen molar-refractivity contribution in [2.24, 2.45) is 0 Å². The fourth-order valence-corrected chi connectivity index (χ4v) is 4.26. The van der Waals surface area contributed by atoms with Gasteiger partial charge in [-0.1, -0.05) is 59.6 Å². The normalized spacial score (nSPS) is 11.9. The molecule has 1 atom stereocenters. The van der Waals surface area contributed by atoms with E-state index in [1.807, 2.05) is 25.1 Å². The number of hydrogen-bond donors (Lipinski definition) is 1. The van der Waals surface area contributed by atoms with E-state index in [1.54, 1.807) is 6.07 Å². The van der Waals surface area contributed by atoms with Crippen LogP contribution in [-0.2, 0) is 19.6 Å². The van der Waals surface area contributed by atoms with Crippen LogP contribution < -0.4 is 14.8 Å². The first-order valence-electron chi connectivity index (χ1n) is 10.8. The summed E-state index contributed by atoms with van der Waals surface area (Å²) in [5, 5.41) is 4.65. The minimum absolute atomic E-state index is 0.365. The third-order valence-electron chi connectivity index (χ3n) is 5.10. The summed E-state index contributed by atoms with van der Waals surface area (Å²) in [5.41, 5.74) is 3.44. The van der Waals surface area contributed by atoms with E-state index in [2.05, 4.69) is 64.6 Å². The Kier molecular flexibility index (Phi) is 9.73. The number of nitrogens with one attached hydrogen (secondary N) is 1. The molecule has 0 aliphatic rings. The Morgan fingerprint density at radius 2 is 1.69 bits per heavy atom. The molecule has 0 aromatic heterocycles. The highest BCUT2D eigenvalue weighted by atomic mass is 79.9. The molecule has 3 rings (SSSR count). The molecule has 3 aromatic rings. The lowest BCUT2D eigenvalue weighted by Gasteiger charge is -2.18. The van der Waals surface area contributed by atoms with Gasteiger partial charge < -0.3 is 14.8 Å². The van der Waals surface area contributed by atoms with Crippen LogP contribution in [0.5, 0.6) is 11.5 Å². The van der Waals surface area contributed by atoms with Crippen molar-refractivity contribution in [1.82, 2.24) is 5.32 Å². The van der Waals surface area contributed by atoms with Crippen LogP contribution in [-0.4, -0.2) is 12.6 Å². The zero-order valence-corrected chi connectivity index (χ0v) is 21.4. The highest BCUT2D eigenvalue weighted by molar-refractivity contribution is 9.10. The van der Waals surface area contributed by atoms with Crippen LogP contribution in [0.1, 0.15) is 37.0 Å². The maximum absolute atomic E-state index is 6.12. The van der Waals surface area contributed by atoms with Gasteiger partial charge in [-0.15, -0.1) is 0 Å². The summed E-state index contributed by atoms with van der Waals surface area (Å²) >= 11 is 15.8.